The molecule has 0 unspecified atom stereocenters. The van der Waals surface area contributed by atoms with Crippen LogP contribution in [0.1, 0.15) is 45.4 Å². The van der Waals surface area contributed by atoms with Gasteiger partial charge in [-0.2, -0.15) is 0 Å². The van der Waals surface area contributed by atoms with E-state index in [-0.39, 0.29) is 0 Å². The molecule has 0 aliphatic rings. The minimum atomic E-state index is 0.856. The molecule has 0 saturated heterocycles. The molecular weight excluding hydrogens is 134 g/mol. The molecular formula is C10H21N. The Labute approximate surface area is 70.7 Å². The van der Waals surface area contributed by atoms with Gasteiger partial charge in [0.2, 0.25) is 0 Å². The number of hydrogen-bond donors (Lipinski definition) is 1. The first kappa shape index (κ1) is 10.7. The molecule has 0 aromatic heterocycles. The summed E-state index contributed by atoms with van der Waals surface area (Å²) in [5.74, 6) is 0. The number of rotatable bonds is 7. The Morgan fingerprint density at radius 3 is 2.27 bits per heavy atom. The summed E-state index contributed by atoms with van der Waals surface area (Å²) in [6.45, 7) is 2.93. The molecule has 66 valence electrons. The average Bonchev–Trinajstić information content (AvgIpc) is 2.03. The van der Waals surface area contributed by atoms with Crippen molar-refractivity contribution < 1.29 is 0 Å². The summed E-state index contributed by atoms with van der Waals surface area (Å²) in [5, 5.41) is 0. The average molecular weight is 155 g/mol. The molecule has 0 aliphatic heterocycles. The molecule has 0 radical (unpaired) electrons. The van der Waals surface area contributed by atoms with E-state index in [0.29, 0.717) is 0 Å². The number of allylic oxidation sites excluding steroid dienone is 2. The van der Waals surface area contributed by atoms with Crippen LogP contribution in [0, 0.1) is 0 Å². The second-order valence-corrected chi connectivity index (χ2v) is 2.91. The lowest BCUT2D eigenvalue weighted by Gasteiger charge is -1.96. The van der Waals surface area contributed by atoms with Gasteiger partial charge in [0.15, 0.2) is 0 Å². The SMILES string of the molecule is CC=CCCCCCCCN. The van der Waals surface area contributed by atoms with Gasteiger partial charge in [-0.3, -0.25) is 0 Å². The first-order valence-electron chi connectivity index (χ1n) is 4.73. The fourth-order valence-electron chi connectivity index (χ4n) is 1.10. The molecule has 1 nitrogen and oxygen atoms in total. The third-order valence-corrected chi connectivity index (χ3v) is 1.81. The van der Waals surface area contributed by atoms with E-state index in [9.17, 15) is 0 Å². The maximum atomic E-state index is 5.38. The molecule has 0 rings (SSSR count). The summed E-state index contributed by atoms with van der Waals surface area (Å²) in [5.41, 5.74) is 5.38. The van der Waals surface area contributed by atoms with Crippen LogP contribution in [0.3, 0.4) is 0 Å². The minimum Gasteiger partial charge on any atom is -0.330 e. The van der Waals surface area contributed by atoms with Crippen molar-refractivity contribution in [2.45, 2.75) is 45.4 Å². The highest BCUT2D eigenvalue weighted by molar-refractivity contribution is 4.76. The molecule has 0 bridgehead atoms. The van der Waals surface area contributed by atoms with Gasteiger partial charge in [0, 0.05) is 0 Å². The van der Waals surface area contributed by atoms with Gasteiger partial charge in [-0.05, 0) is 32.7 Å². The van der Waals surface area contributed by atoms with E-state index < -0.39 is 0 Å². The molecule has 0 aromatic rings. The summed E-state index contributed by atoms with van der Waals surface area (Å²) >= 11 is 0. The molecule has 0 amide bonds. The van der Waals surface area contributed by atoms with Crippen LogP contribution in [0.25, 0.3) is 0 Å². The van der Waals surface area contributed by atoms with Crippen LogP contribution in [-0.2, 0) is 0 Å². The van der Waals surface area contributed by atoms with Crippen molar-refractivity contribution in [2.24, 2.45) is 5.73 Å². The van der Waals surface area contributed by atoms with Gasteiger partial charge >= 0.3 is 0 Å². The first-order valence-corrected chi connectivity index (χ1v) is 4.73. The summed E-state index contributed by atoms with van der Waals surface area (Å²) in [7, 11) is 0. The molecule has 0 fully saturated rings. The smallest absolute Gasteiger partial charge is 0.00773 e. The Balaban J connectivity index is 2.79. The minimum absolute atomic E-state index is 0.856. The third-order valence-electron chi connectivity index (χ3n) is 1.81. The standard InChI is InChI=1S/C10H21N/c1-2-3-4-5-6-7-8-9-10-11/h2-3H,4-11H2,1H3. The highest BCUT2D eigenvalue weighted by Crippen LogP contribution is 2.04. The van der Waals surface area contributed by atoms with Crippen LogP contribution in [0.15, 0.2) is 12.2 Å². The van der Waals surface area contributed by atoms with Crippen molar-refractivity contribution in [2.75, 3.05) is 6.54 Å². The zero-order valence-corrected chi connectivity index (χ0v) is 7.68. The van der Waals surface area contributed by atoms with Gasteiger partial charge in [0.25, 0.3) is 0 Å². The molecule has 0 spiro atoms. The van der Waals surface area contributed by atoms with E-state index in [1.165, 1.54) is 38.5 Å². The fourth-order valence-corrected chi connectivity index (χ4v) is 1.10. The molecule has 0 atom stereocenters. The second kappa shape index (κ2) is 9.70. The highest BCUT2D eigenvalue weighted by atomic mass is 14.5. The van der Waals surface area contributed by atoms with Crippen LogP contribution in [-0.4, -0.2) is 6.54 Å². The Bertz CT molecular complexity index is 86.9. The zero-order valence-electron chi connectivity index (χ0n) is 7.68. The van der Waals surface area contributed by atoms with Gasteiger partial charge in [-0.1, -0.05) is 31.4 Å². The Kier molecular flexibility index (Phi) is 9.44. The lowest BCUT2D eigenvalue weighted by Crippen LogP contribution is -1.97. The third kappa shape index (κ3) is 9.70. The largest absolute Gasteiger partial charge is 0.330 e. The first-order chi connectivity index (χ1) is 5.41. The van der Waals surface area contributed by atoms with Gasteiger partial charge in [-0.15, -0.1) is 0 Å². The molecule has 0 aromatic carbocycles. The topological polar surface area (TPSA) is 26.0 Å². The van der Waals surface area contributed by atoms with E-state index in [1.807, 2.05) is 0 Å². The summed E-state index contributed by atoms with van der Waals surface area (Å²) < 4.78 is 0. The second-order valence-electron chi connectivity index (χ2n) is 2.91. The van der Waals surface area contributed by atoms with Crippen molar-refractivity contribution in [1.82, 2.24) is 0 Å². The Hall–Kier alpha value is -0.300. The van der Waals surface area contributed by atoms with Crippen LogP contribution < -0.4 is 5.73 Å². The van der Waals surface area contributed by atoms with Gasteiger partial charge < -0.3 is 5.73 Å². The zero-order chi connectivity index (χ0) is 8.36. The molecule has 0 saturated carbocycles. The van der Waals surface area contributed by atoms with Crippen molar-refractivity contribution >= 4 is 0 Å². The highest BCUT2D eigenvalue weighted by Gasteiger charge is 1.87. The lowest BCUT2D eigenvalue weighted by atomic mass is 10.1. The molecule has 2 N–H and O–H groups in total. The van der Waals surface area contributed by atoms with E-state index >= 15 is 0 Å². The van der Waals surface area contributed by atoms with Crippen molar-refractivity contribution in [3.8, 4) is 0 Å². The predicted octanol–water partition coefficient (Wildman–Crippen LogP) is 2.86. The van der Waals surface area contributed by atoms with Crippen molar-refractivity contribution in [1.29, 1.82) is 0 Å². The fraction of sp³-hybridized carbons (Fsp3) is 0.800. The molecule has 1 heteroatoms. The number of hydrogen-bond acceptors (Lipinski definition) is 1. The monoisotopic (exact) mass is 155 g/mol. The quantitative estimate of drug-likeness (QED) is 0.444. The number of unbranched alkanes of at least 4 members (excludes halogenated alkanes) is 5. The normalized spacial score (nSPS) is 11.1. The van der Waals surface area contributed by atoms with Gasteiger partial charge in [0.05, 0.1) is 0 Å². The van der Waals surface area contributed by atoms with Crippen molar-refractivity contribution in [3.05, 3.63) is 12.2 Å². The lowest BCUT2D eigenvalue weighted by molar-refractivity contribution is 0.622. The summed E-state index contributed by atoms with van der Waals surface area (Å²) in [6, 6.07) is 0. The van der Waals surface area contributed by atoms with Crippen molar-refractivity contribution in [3.63, 3.8) is 0 Å². The maximum Gasteiger partial charge on any atom is -0.00773 e. The van der Waals surface area contributed by atoms with E-state index in [0.717, 1.165) is 6.54 Å². The number of nitrogens with two attached hydrogens (primary N) is 1. The van der Waals surface area contributed by atoms with E-state index in [4.69, 9.17) is 5.73 Å². The Morgan fingerprint density at radius 1 is 1.00 bits per heavy atom. The van der Waals surface area contributed by atoms with Crippen LogP contribution in [0.5, 0.6) is 0 Å². The van der Waals surface area contributed by atoms with Crippen LogP contribution in [0.4, 0.5) is 0 Å². The van der Waals surface area contributed by atoms with E-state index in [1.54, 1.807) is 0 Å². The molecule has 0 aliphatic carbocycles. The van der Waals surface area contributed by atoms with Gasteiger partial charge in [0.1, 0.15) is 0 Å². The van der Waals surface area contributed by atoms with E-state index in [2.05, 4.69) is 19.1 Å². The van der Waals surface area contributed by atoms with Gasteiger partial charge in [-0.25, -0.2) is 0 Å². The Morgan fingerprint density at radius 2 is 1.64 bits per heavy atom. The maximum absolute atomic E-state index is 5.38. The summed E-state index contributed by atoms with van der Waals surface area (Å²) in [6.07, 6.45) is 12.2. The predicted molar refractivity (Wildman–Crippen MR) is 51.6 cm³/mol. The van der Waals surface area contributed by atoms with Crippen LogP contribution >= 0.6 is 0 Å². The van der Waals surface area contributed by atoms with Crippen LogP contribution in [0.2, 0.25) is 0 Å². The molecule has 0 heterocycles. The molecule has 11 heavy (non-hydrogen) atoms. The summed E-state index contributed by atoms with van der Waals surface area (Å²) in [4.78, 5) is 0.